The molecular formula is C16H21N3OS. The van der Waals surface area contributed by atoms with Crippen molar-refractivity contribution in [2.75, 3.05) is 0 Å². The SMILES string of the molecule is CCn1cc(CNC(=O)[C@]2(c3cccs3)CC2(C)C)cn1. The Labute approximate surface area is 129 Å². The van der Waals surface area contributed by atoms with Gasteiger partial charge in [-0.25, -0.2) is 0 Å². The first kappa shape index (κ1) is 14.3. The van der Waals surface area contributed by atoms with Crippen molar-refractivity contribution in [2.45, 2.75) is 45.7 Å². The molecular weight excluding hydrogens is 282 g/mol. The number of nitrogens with zero attached hydrogens (tertiary/aromatic N) is 2. The van der Waals surface area contributed by atoms with Crippen LogP contribution < -0.4 is 5.32 Å². The maximum atomic E-state index is 12.8. The second-order valence-corrected chi connectivity index (χ2v) is 7.28. The number of aromatic nitrogens is 2. The number of carbonyl (C=O) groups excluding carboxylic acids is 1. The Morgan fingerprint density at radius 2 is 2.29 bits per heavy atom. The molecule has 0 radical (unpaired) electrons. The number of hydrogen-bond acceptors (Lipinski definition) is 3. The second kappa shape index (κ2) is 4.98. The molecule has 0 aromatic carbocycles. The molecule has 1 fully saturated rings. The van der Waals surface area contributed by atoms with Crippen LogP contribution >= 0.6 is 11.3 Å². The van der Waals surface area contributed by atoms with Gasteiger partial charge in [-0.2, -0.15) is 5.10 Å². The van der Waals surface area contributed by atoms with Gasteiger partial charge in [0.15, 0.2) is 0 Å². The standard InChI is InChI=1S/C16H21N3OS/c1-4-19-10-12(9-18-19)8-17-14(20)16(11-15(16,2)3)13-6-5-7-21-13/h5-7,9-10H,4,8,11H2,1-3H3,(H,17,20)/t16-/m1/s1. The number of thiophene rings is 1. The van der Waals surface area contributed by atoms with Gasteiger partial charge in [0.25, 0.3) is 0 Å². The molecule has 2 aromatic rings. The fraction of sp³-hybridized carbons (Fsp3) is 0.500. The van der Waals surface area contributed by atoms with E-state index < -0.39 is 0 Å². The predicted molar refractivity (Wildman–Crippen MR) is 84.1 cm³/mol. The van der Waals surface area contributed by atoms with Gasteiger partial charge in [0, 0.05) is 29.7 Å². The fourth-order valence-corrected chi connectivity index (χ4v) is 4.17. The second-order valence-electron chi connectivity index (χ2n) is 6.33. The summed E-state index contributed by atoms with van der Waals surface area (Å²) in [6.07, 6.45) is 4.72. The Morgan fingerprint density at radius 1 is 1.52 bits per heavy atom. The Bertz CT molecular complexity index is 644. The van der Waals surface area contributed by atoms with Crippen molar-refractivity contribution in [1.82, 2.24) is 15.1 Å². The molecule has 112 valence electrons. The maximum Gasteiger partial charge on any atom is 0.232 e. The van der Waals surface area contributed by atoms with E-state index in [4.69, 9.17) is 0 Å². The van der Waals surface area contributed by atoms with E-state index in [1.807, 2.05) is 35.4 Å². The van der Waals surface area contributed by atoms with Crippen molar-refractivity contribution >= 4 is 17.2 Å². The molecule has 1 saturated carbocycles. The van der Waals surface area contributed by atoms with Gasteiger partial charge < -0.3 is 5.32 Å². The summed E-state index contributed by atoms with van der Waals surface area (Å²) in [5, 5.41) is 9.38. The topological polar surface area (TPSA) is 46.9 Å². The van der Waals surface area contributed by atoms with Crippen LogP contribution in [0.25, 0.3) is 0 Å². The first-order valence-corrected chi connectivity index (χ1v) is 8.21. The highest BCUT2D eigenvalue weighted by atomic mass is 32.1. The van der Waals surface area contributed by atoms with Crippen LogP contribution in [0.5, 0.6) is 0 Å². The minimum absolute atomic E-state index is 0.0372. The highest BCUT2D eigenvalue weighted by Gasteiger charge is 2.67. The zero-order valence-electron chi connectivity index (χ0n) is 12.7. The molecule has 1 amide bonds. The van der Waals surface area contributed by atoms with Gasteiger partial charge in [0.1, 0.15) is 0 Å². The van der Waals surface area contributed by atoms with Gasteiger partial charge in [-0.1, -0.05) is 19.9 Å². The van der Waals surface area contributed by atoms with Crippen LogP contribution in [0, 0.1) is 5.41 Å². The first-order chi connectivity index (χ1) is 9.99. The van der Waals surface area contributed by atoms with Crippen LogP contribution in [0.4, 0.5) is 0 Å². The summed E-state index contributed by atoms with van der Waals surface area (Å²) in [4.78, 5) is 13.9. The third-order valence-corrected chi connectivity index (χ3v) is 5.56. The molecule has 2 aromatic heterocycles. The zero-order chi connectivity index (χ0) is 15.1. The van der Waals surface area contributed by atoms with E-state index in [-0.39, 0.29) is 16.7 Å². The average Bonchev–Trinajstić information content (AvgIpc) is 2.94. The van der Waals surface area contributed by atoms with E-state index in [9.17, 15) is 4.79 Å². The monoisotopic (exact) mass is 303 g/mol. The summed E-state index contributed by atoms with van der Waals surface area (Å²) in [5.41, 5.74) is 0.738. The molecule has 0 spiro atoms. The lowest BCUT2D eigenvalue weighted by Crippen LogP contribution is -2.36. The van der Waals surface area contributed by atoms with Gasteiger partial charge in [-0.05, 0) is 30.2 Å². The van der Waals surface area contributed by atoms with E-state index in [1.54, 1.807) is 11.3 Å². The number of carbonyl (C=O) groups is 1. The van der Waals surface area contributed by atoms with E-state index in [2.05, 4.69) is 30.3 Å². The largest absolute Gasteiger partial charge is 0.351 e. The van der Waals surface area contributed by atoms with Crippen LogP contribution in [-0.2, 0) is 23.3 Å². The molecule has 5 heteroatoms. The summed E-state index contributed by atoms with van der Waals surface area (Å²) < 4.78 is 1.87. The van der Waals surface area contributed by atoms with Gasteiger partial charge in [-0.15, -0.1) is 11.3 Å². The van der Waals surface area contributed by atoms with E-state index in [0.717, 1.165) is 18.5 Å². The van der Waals surface area contributed by atoms with Crippen molar-refractivity contribution < 1.29 is 4.79 Å². The molecule has 0 unspecified atom stereocenters. The molecule has 1 atom stereocenters. The number of amides is 1. The molecule has 0 bridgehead atoms. The Kier molecular flexibility index (Phi) is 3.40. The molecule has 0 saturated heterocycles. The van der Waals surface area contributed by atoms with Crippen LogP contribution in [0.3, 0.4) is 0 Å². The van der Waals surface area contributed by atoms with E-state index in [0.29, 0.717) is 6.54 Å². The van der Waals surface area contributed by atoms with Crippen molar-refractivity contribution in [1.29, 1.82) is 0 Å². The predicted octanol–water partition coefficient (Wildman–Crippen LogP) is 2.95. The summed E-state index contributed by atoms with van der Waals surface area (Å²) in [6, 6.07) is 4.10. The van der Waals surface area contributed by atoms with E-state index >= 15 is 0 Å². The number of aryl methyl sites for hydroxylation is 1. The van der Waals surface area contributed by atoms with Gasteiger partial charge in [-0.3, -0.25) is 9.48 Å². The van der Waals surface area contributed by atoms with Crippen molar-refractivity contribution in [3.8, 4) is 0 Å². The van der Waals surface area contributed by atoms with Crippen LogP contribution in [0.15, 0.2) is 29.9 Å². The minimum atomic E-state index is -0.345. The summed E-state index contributed by atoms with van der Waals surface area (Å²) in [7, 11) is 0. The molecule has 3 rings (SSSR count). The van der Waals surface area contributed by atoms with Crippen LogP contribution in [0.1, 0.15) is 37.6 Å². The lowest BCUT2D eigenvalue weighted by atomic mass is 9.93. The minimum Gasteiger partial charge on any atom is -0.351 e. The van der Waals surface area contributed by atoms with Crippen LogP contribution in [0.2, 0.25) is 0 Å². The third kappa shape index (κ3) is 2.29. The first-order valence-electron chi connectivity index (χ1n) is 7.33. The molecule has 4 nitrogen and oxygen atoms in total. The Morgan fingerprint density at radius 3 is 2.81 bits per heavy atom. The lowest BCUT2D eigenvalue weighted by molar-refractivity contribution is -0.124. The van der Waals surface area contributed by atoms with Crippen LogP contribution in [-0.4, -0.2) is 15.7 Å². The zero-order valence-corrected chi connectivity index (χ0v) is 13.5. The van der Waals surface area contributed by atoms with Gasteiger partial charge in [0.05, 0.1) is 11.6 Å². The number of hydrogen-bond donors (Lipinski definition) is 1. The van der Waals surface area contributed by atoms with Crippen molar-refractivity contribution in [3.05, 3.63) is 40.3 Å². The van der Waals surface area contributed by atoms with Crippen molar-refractivity contribution in [2.24, 2.45) is 5.41 Å². The molecule has 1 N–H and O–H groups in total. The number of nitrogens with one attached hydrogen (secondary N) is 1. The normalized spacial score (nSPS) is 23.0. The average molecular weight is 303 g/mol. The third-order valence-electron chi connectivity index (χ3n) is 4.53. The maximum absolute atomic E-state index is 12.8. The molecule has 1 aliphatic rings. The van der Waals surface area contributed by atoms with Crippen molar-refractivity contribution in [3.63, 3.8) is 0 Å². The highest BCUT2D eigenvalue weighted by molar-refractivity contribution is 7.10. The van der Waals surface area contributed by atoms with E-state index in [1.165, 1.54) is 4.88 Å². The summed E-state index contributed by atoms with van der Waals surface area (Å²) >= 11 is 1.68. The van der Waals surface area contributed by atoms with Gasteiger partial charge >= 0.3 is 0 Å². The summed E-state index contributed by atoms with van der Waals surface area (Å²) in [5.74, 6) is 0.138. The Balaban J connectivity index is 1.72. The molecule has 21 heavy (non-hydrogen) atoms. The highest BCUT2D eigenvalue weighted by Crippen LogP contribution is 2.65. The fourth-order valence-electron chi connectivity index (χ4n) is 3.06. The quantitative estimate of drug-likeness (QED) is 0.923. The molecule has 1 aliphatic carbocycles. The molecule has 2 heterocycles. The van der Waals surface area contributed by atoms with Gasteiger partial charge in [0.2, 0.25) is 5.91 Å². The molecule has 0 aliphatic heterocycles. The number of rotatable bonds is 5. The summed E-state index contributed by atoms with van der Waals surface area (Å²) in [6.45, 7) is 7.78. The smallest absolute Gasteiger partial charge is 0.232 e. The lowest BCUT2D eigenvalue weighted by Gasteiger charge is -2.18. The Hall–Kier alpha value is -1.62.